The van der Waals surface area contributed by atoms with Crippen molar-refractivity contribution in [2.24, 2.45) is 0 Å². The van der Waals surface area contributed by atoms with Crippen LogP contribution in [-0.4, -0.2) is 34.2 Å². The van der Waals surface area contributed by atoms with Crippen molar-refractivity contribution in [3.05, 3.63) is 53.6 Å². The second kappa shape index (κ2) is 8.63. The molecule has 0 radical (unpaired) electrons. The van der Waals surface area contributed by atoms with E-state index in [0.29, 0.717) is 24.6 Å². The summed E-state index contributed by atoms with van der Waals surface area (Å²) >= 11 is 0. The van der Waals surface area contributed by atoms with E-state index in [1.54, 1.807) is 57.2 Å². The van der Waals surface area contributed by atoms with Crippen molar-refractivity contribution in [3.8, 4) is 0 Å². The third kappa shape index (κ3) is 4.74. The highest BCUT2D eigenvalue weighted by molar-refractivity contribution is 7.92. The number of hydrogen-bond acceptors (Lipinski definition) is 4. The van der Waals surface area contributed by atoms with Crippen LogP contribution in [0.15, 0.2) is 52.3 Å². The molecule has 0 aliphatic heterocycles. The van der Waals surface area contributed by atoms with Gasteiger partial charge in [0.1, 0.15) is 0 Å². The predicted molar refractivity (Wildman–Crippen MR) is 113 cm³/mol. The first-order valence-electron chi connectivity index (χ1n) is 9.26. The van der Waals surface area contributed by atoms with Crippen LogP contribution < -0.4 is 4.72 Å². The van der Waals surface area contributed by atoms with E-state index in [1.807, 2.05) is 13.8 Å². The average Bonchev–Trinajstić information content (AvgIpc) is 2.63. The van der Waals surface area contributed by atoms with E-state index < -0.39 is 20.0 Å². The fourth-order valence-corrected chi connectivity index (χ4v) is 5.65. The molecule has 154 valence electrons. The summed E-state index contributed by atoms with van der Waals surface area (Å²) in [5, 5.41) is 0. The van der Waals surface area contributed by atoms with Gasteiger partial charge in [-0.15, -0.1) is 0 Å². The molecule has 1 N–H and O–H groups in total. The van der Waals surface area contributed by atoms with Crippen molar-refractivity contribution in [3.63, 3.8) is 0 Å². The summed E-state index contributed by atoms with van der Waals surface area (Å²) in [6.07, 6.45) is 0. The number of nitrogens with zero attached hydrogens (tertiary/aromatic N) is 1. The van der Waals surface area contributed by atoms with Crippen molar-refractivity contribution in [2.45, 2.75) is 50.3 Å². The smallest absolute Gasteiger partial charge is 0.261 e. The monoisotopic (exact) mass is 424 g/mol. The molecule has 6 nitrogen and oxygen atoms in total. The molecule has 2 aromatic rings. The van der Waals surface area contributed by atoms with Crippen molar-refractivity contribution in [1.29, 1.82) is 0 Å². The maximum Gasteiger partial charge on any atom is 0.261 e. The highest BCUT2D eigenvalue weighted by Gasteiger charge is 2.24. The number of aryl methyl sites for hydroxylation is 1. The summed E-state index contributed by atoms with van der Waals surface area (Å²) in [5.41, 5.74) is 1.82. The van der Waals surface area contributed by atoms with Gasteiger partial charge in [0.2, 0.25) is 10.0 Å². The van der Waals surface area contributed by atoms with E-state index in [2.05, 4.69) is 4.72 Å². The van der Waals surface area contributed by atoms with Gasteiger partial charge in [0, 0.05) is 13.1 Å². The Balaban J connectivity index is 2.39. The predicted octanol–water partition coefficient (Wildman–Crippen LogP) is 3.95. The molecule has 0 heterocycles. The molecule has 0 saturated heterocycles. The summed E-state index contributed by atoms with van der Waals surface area (Å²) in [6, 6.07) is 11.2. The van der Waals surface area contributed by atoms with Crippen LogP contribution in [0.5, 0.6) is 0 Å². The van der Waals surface area contributed by atoms with Gasteiger partial charge in [-0.2, -0.15) is 4.31 Å². The molecule has 0 spiro atoms. The number of hydrogen-bond donors (Lipinski definition) is 1. The summed E-state index contributed by atoms with van der Waals surface area (Å²) in [4.78, 5) is 0.234. The number of nitrogens with one attached hydrogen (secondary N) is 1. The zero-order chi connectivity index (χ0) is 21.1. The van der Waals surface area contributed by atoms with Crippen LogP contribution >= 0.6 is 0 Å². The molecule has 0 saturated carbocycles. The van der Waals surface area contributed by atoms with Gasteiger partial charge in [-0.25, -0.2) is 16.8 Å². The van der Waals surface area contributed by atoms with Gasteiger partial charge in [-0.05, 0) is 48.2 Å². The maximum atomic E-state index is 12.9. The summed E-state index contributed by atoms with van der Waals surface area (Å²) < 4.78 is 54.9. The fraction of sp³-hybridized carbons (Fsp3) is 0.400. The zero-order valence-electron chi connectivity index (χ0n) is 16.9. The largest absolute Gasteiger partial charge is 0.280 e. The van der Waals surface area contributed by atoms with E-state index in [-0.39, 0.29) is 15.5 Å². The average molecular weight is 425 g/mol. The van der Waals surface area contributed by atoms with E-state index in [1.165, 1.54) is 10.4 Å². The van der Waals surface area contributed by atoms with Crippen LogP contribution in [0.2, 0.25) is 0 Å². The molecule has 0 amide bonds. The Bertz CT molecular complexity index is 1020. The molecular formula is C20H28N2O4S2. The summed E-state index contributed by atoms with van der Waals surface area (Å²) in [6.45, 7) is 9.98. The lowest BCUT2D eigenvalue weighted by molar-refractivity contribution is 0.445. The van der Waals surface area contributed by atoms with Crippen molar-refractivity contribution in [1.82, 2.24) is 4.31 Å². The molecular weight excluding hydrogens is 396 g/mol. The Kier molecular flexibility index (Phi) is 6.90. The standard InChI is InChI=1S/C20H28N2O4S2/c1-6-22(7-2)28(25,26)20-14-18(11-8-16(20)5)21-27(23,24)19-12-9-17(10-13-19)15(3)4/h8-15,21H,6-7H2,1-5H3. The minimum Gasteiger partial charge on any atom is -0.280 e. The second-order valence-electron chi connectivity index (χ2n) is 6.90. The summed E-state index contributed by atoms with van der Waals surface area (Å²) in [7, 11) is -7.51. The van der Waals surface area contributed by atoms with Crippen LogP contribution in [0.1, 0.15) is 44.7 Å². The Morgan fingerprint density at radius 3 is 2.00 bits per heavy atom. The van der Waals surface area contributed by atoms with E-state index >= 15 is 0 Å². The zero-order valence-corrected chi connectivity index (χ0v) is 18.6. The van der Waals surface area contributed by atoms with Gasteiger partial charge in [-0.3, -0.25) is 4.72 Å². The second-order valence-corrected chi connectivity index (χ2v) is 10.5. The Morgan fingerprint density at radius 2 is 1.50 bits per heavy atom. The highest BCUT2D eigenvalue weighted by atomic mass is 32.2. The molecule has 28 heavy (non-hydrogen) atoms. The van der Waals surface area contributed by atoms with E-state index in [4.69, 9.17) is 0 Å². The third-order valence-corrected chi connectivity index (χ3v) is 8.21. The molecule has 0 fully saturated rings. The first-order chi connectivity index (χ1) is 13.0. The van der Waals surface area contributed by atoms with Crippen LogP contribution in [0.3, 0.4) is 0 Å². The minimum atomic E-state index is -3.82. The molecule has 2 aromatic carbocycles. The Morgan fingerprint density at radius 1 is 0.929 bits per heavy atom. The number of benzene rings is 2. The van der Waals surface area contributed by atoms with Crippen LogP contribution in [-0.2, 0) is 20.0 Å². The lowest BCUT2D eigenvalue weighted by atomic mass is 10.0. The molecule has 0 atom stereocenters. The van der Waals surface area contributed by atoms with Gasteiger partial charge in [0.15, 0.2) is 0 Å². The van der Waals surface area contributed by atoms with Crippen LogP contribution in [0.4, 0.5) is 5.69 Å². The van der Waals surface area contributed by atoms with Gasteiger partial charge in [-0.1, -0.05) is 45.9 Å². The van der Waals surface area contributed by atoms with Gasteiger partial charge >= 0.3 is 0 Å². The van der Waals surface area contributed by atoms with Crippen molar-refractivity contribution >= 4 is 25.7 Å². The maximum absolute atomic E-state index is 12.9. The third-order valence-electron chi connectivity index (χ3n) is 4.62. The number of sulfonamides is 2. The Hall–Kier alpha value is -1.90. The van der Waals surface area contributed by atoms with Crippen LogP contribution in [0.25, 0.3) is 0 Å². The normalized spacial score (nSPS) is 12.5. The van der Waals surface area contributed by atoms with Crippen LogP contribution in [0, 0.1) is 6.92 Å². The molecule has 8 heteroatoms. The van der Waals surface area contributed by atoms with Gasteiger partial charge < -0.3 is 0 Å². The lowest BCUT2D eigenvalue weighted by Gasteiger charge is -2.20. The molecule has 0 aliphatic rings. The highest BCUT2D eigenvalue weighted by Crippen LogP contribution is 2.26. The van der Waals surface area contributed by atoms with Crippen molar-refractivity contribution < 1.29 is 16.8 Å². The van der Waals surface area contributed by atoms with E-state index in [9.17, 15) is 16.8 Å². The number of rotatable bonds is 8. The first kappa shape index (κ1) is 22.4. The molecule has 2 rings (SSSR count). The Labute approximate surface area is 168 Å². The number of anilines is 1. The minimum absolute atomic E-state index is 0.103. The lowest BCUT2D eigenvalue weighted by Crippen LogP contribution is -2.31. The van der Waals surface area contributed by atoms with Crippen molar-refractivity contribution in [2.75, 3.05) is 17.8 Å². The SMILES string of the molecule is CCN(CC)S(=O)(=O)c1cc(NS(=O)(=O)c2ccc(C(C)C)cc2)ccc1C. The fourth-order valence-electron chi connectivity index (χ4n) is 2.89. The first-order valence-corrected chi connectivity index (χ1v) is 12.2. The van der Waals surface area contributed by atoms with E-state index in [0.717, 1.165) is 5.56 Å². The molecule has 0 bridgehead atoms. The molecule has 0 aromatic heterocycles. The quantitative estimate of drug-likeness (QED) is 0.695. The van der Waals surface area contributed by atoms with Gasteiger partial charge in [0.25, 0.3) is 10.0 Å². The topological polar surface area (TPSA) is 83.6 Å². The summed E-state index contributed by atoms with van der Waals surface area (Å²) in [5.74, 6) is 0.301. The van der Waals surface area contributed by atoms with Gasteiger partial charge in [0.05, 0.1) is 15.5 Å². The molecule has 0 aliphatic carbocycles. The molecule has 0 unspecified atom stereocenters.